The highest BCUT2D eigenvalue weighted by Crippen LogP contribution is 2.24. The lowest BCUT2D eigenvalue weighted by Crippen LogP contribution is -2.25. The van der Waals surface area contributed by atoms with E-state index in [4.69, 9.17) is 16.3 Å². The van der Waals surface area contributed by atoms with Gasteiger partial charge in [-0.1, -0.05) is 11.6 Å². The van der Waals surface area contributed by atoms with Gasteiger partial charge in [-0.2, -0.15) is 0 Å². The predicted octanol–water partition coefficient (Wildman–Crippen LogP) is 4.83. The zero-order chi connectivity index (χ0) is 18.4. The smallest absolute Gasteiger partial charge is 0.251 e. The van der Waals surface area contributed by atoms with Crippen molar-refractivity contribution in [1.29, 1.82) is 0 Å². The number of halogens is 1. The summed E-state index contributed by atoms with van der Waals surface area (Å²) < 4.78 is 5.46. The van der Waals surface area contributed by atoms with Crippen LogP contribution in [0.5, 0.6) is 5.75 Å². The van der Waals surface area contributed by atoms with Gasteiger partial charge in [0.05, 0.1) is 17.3 Å². The quantitative estimate of drug-likeness (QED) is 0.632. The van der Waals surface area contributed by atoms with Gasteiger partial charge in [0.25, 0.3) is 5.91 Å². The molecule has 0 saturated heterocycles. The van der Waals surface area contributed by atoms with Crippen LogP contribution < -0.4 is 10.1 Å². The number of benzene rings is 2. The second-order valence-electron chi connectivity index (χ2n) is 5.60. The zero-order valence-corrected chi connectivity index (χ0v) is 15.9. The number of nitrogens with zero attached hydrogens (tertiary/aromatic N) is 1. The van der Waals surface area contributed by atoms with E-state index < -0.39 is 0 Å². The summed E-state index contributed by atoms with van der Waals surface area (Å²) in [7, 11) is 0. The van der Waals surface area contributed by atoms with E-state index in [9.17, 15) is 4.79 Å². The molecule has 0 aliphatic heterocycles. The van der Waals surface area contributed by atoms with E-state index in [1.165, 1.54) is 0 Å². The van der Waals surface area contributed by atoms with Crippen LogP contribution in [0, 0.1) is 0 Å². The first kappa shape index (κ1) is 18.4. The fourth-order valence-corrected chi connectivity index (χ4v) is 3.37. The molecule has 134 valence electrons. The predicted molar refractivity (Wildman–Crippen MR) is 106 cm³/mol. The van der Waals surface area contributed by atoms with Crippen molar-refractivity contribution in [2.75, 3.05) is 13.2 Å². The summed E-state index contributed by atoms with van der Waals surface area (Å²) >= 11 is 7.43. The van der Waals surface area contributed by atoms with Crippen LogP contribution in [0.25, 0.3) is 11.3 Å². The SMILES string of the molecule is CCOc1ccc(-c2csc(CCNC(=O)c3ccc(Cl)cc3)n2)cc1. The Morgan fingerprint density at radius 2 is 1.88 bits per heavy atom. The molecule has 0 saturated carbocycles. The molecule has 4 nitrogen and oxygen atoms in total. The first-order valence-corrected chi connectivity index (χ1v) is 9.63. The first-order valence-electron chi connectivity index (χ1n) is 8.37. The molecule has 0 unspecified atom stereocenters. The summed E-state index contributed by atoms with van der Waals surface area (Å²) in [6.07, 6.45) is 0.695. The van der Waals surface area contributed by atoms with Gasteiger partial charge in [-0.25, -0.2) is 4.98 Å². The topological polar surface area (TPSA) is 51.2 Å². The van der Waals surface area contributed by atoms with Gasteiger partial charge in [-0.15, -0.1) is 11.3 Å². The van der Waals surface area contributed by atoms with Crippen molar-refractivity contribution in [3.63, 3.8) is 0 Å². The summed E-state index contributed by atoms with van der Waals surface area (Å²) in [6, 6.07) is 14.8. The molecule has 1 aromatic heterocycles. The van der Waals surface area contributed by atoms with E-state index in [0.29, 0.717) is 30.2 Å². The average molecular weight is 387 g/mol. The third-order valence-electron chi connectivity index (χ3n) is 3.74. The molecule has 0 fully saturated rings. The molecule has 3 rings (SSSR count). The number of rotatable bonds is 7. The van der Waals surface area contributed by atoms with Gasteiger partial charge in [0.2, 0.25) is 0 Å². The molecule has 0 spiro atoms. The fourth-order valence-electron chi connectivity index (χ4n) is 2.43. The Balaban J connectivity index is 1.53. The minimum atomic E-state index is -0.107. The van der Waals surface area contributed by atoms with Gasteiger partial charge in [-0.05, 0) is 55.5 Å². The molecule has 3 aromatic rings. The summed E-state index contributed by atoms with van der Waals surface area (Å²) in [6.45, 7) is 3.16. The summed E-state index contributed by atoms with van der Waals surface area (Å²) in [5, 5.41) is 6.55. The first-order chi connectivity index (χ1) is 12.7. The highest BCUT2D eigenvalue weighted by Gasteiger charge is 2.07. The van der Waals surface area contributed by atoms with Gasteiger partial charge in [0, 0.05) is 34.5 Å². The number of hydrogen-bond donors (Lipinski definition) is 1. The number of carbonyl (C=O) groups is 1. The van der Waals surface area contributed by atoms with Crippen LogP contribution in [-0.2, 0) is 6.42 Å². The molecule has 1 heterocycles. The Morgan fingerprint density at radius 3 is 2.58 bits per heavy atom. The largest absolute Gasteiger partial charge is 0.494 e. The van der Waals surface area contributed by atoms with Crippen LogP contribution in [0.1, 0.15) is 22.3 Å². The standard InChI is InChI=1S/C20H19ClN2O2S/c1-2-25-17-9-5-14(6-10-17)18-13-26-19(23-18)11-12-22-20(24)15-3-7-16(21)8-4-15/h3-10,13H,2,11-12H2,1H3,(H,22,24). The van der Waals surface area contributed by atoms with E-state index in [0.717, 1.165) is 22.0 Å². The third-order valence-corrected chi connectivity index (χ3v) is 4.90. The number of amides is 1. The fraction of sp³-hybridized carbons (Fsp3) is 0.200. The molecule has 26 heavy (non-hydrogen) atoms. The molecule has 1 N–H and O–H groups in total. The Hall–Kier alpha value is -2.37. The second kappa shape index (κ2) is 8.83. The van der Waals surface area contributed by atoms with Crippen molar-refractivity contribution in [1.82, 2.24) is 10.3 Å². The van der Waals surface area contributed by atoms with E-state index >= 15 is 0 Å². The number of carbonyl (C=O) groups excluding carboxylic acids is 1. The minimum Gasteiger partial charge on any atom is -0.494 e. The molecule has 0 bridgehead atoms. The van der Waals surface area contributed by atoms with Crippen LogP contribution in [-0.4, -0.2) is 24.0 Å². The average Bonchev–Trinajstić information content (AvgIpc) is 3.12. The van der Waals surface area contributed by atoms with E-state index in [-0.39, 0.29) is 5.91 Å². The Morgan fingerprint density at radius 1 is 1.15 bits per heavy atom. The van der Waals surface area contributed by atoms with E-state index in [2.05, 4.69) is 10.3 Å². The maximum atomic E-state index is 12.1. The van der Waals surface area contributed by atoms with Crippen LogP contribution in [0.3, 0.4) is 0 Å². The van der Waals surface area contributed by atoms with Gasteiger partial charge in [0.15, 0.2) is 0 Å². The van der Waals surface area contributed by atoms with Crippen molar-refractivity contribution in [2.45, 2.75) is 13.3 Å². The molecule has 1 amide bonds. The van der Waals surface area contributed by atoms with Gasteiger partial charge < -0.3 is 10.1 Å². The maximum Gasteiger partial charge on any atom is 0.251 e. The maximum absolute atomic E-state index is 12.1. The molecule has 0 aliphatic rings. The Kier molecular flexibility index (Phi) is 6.26. The number of nitrogens with one attached hydrogen (secondary N) is 1. The monoisotopic (exact) mass is 386 g/mol. The number of hydrogen-bond acceptors (Lipinski definition) is 4. The van der Waals surface area contributed by atoms with E-state index in [1.54, 1.807) is 35.6 Å². The molecular weight excluding hydrogens is 368 g/mol. The number of aromatic nitrogens is 1. The Bertz CT molecular complexity index is 860. The zero-order valence-electron chi connectivity index (χ0n) is 14.4. The van der Waals surface area contributed by atoms with Crippen molar-refractivity contribution in [2.24, 2.45) is 0 Å². The molecule has 2 aromatic carbocycles. The van der Waals surface area contributed by atoms with Crippen molar-refractivity contribution >= 4 is 28.8 Å². The summed E-state index contributed by atoms with van der Waals surface area (Å²) in [4.78, 5) is 16.7. The summed E-state index contributed by atoms with van der Waals surface area (Å²) in [5.41, 5.74) is 2.60. The molecular formula is C20H19ClN2O2S. The van der Waals surface area contributed by atoms with Gasteiger partial charge in [0.1, 0.15) is 5.75 Å². The lowest BCUT2D eigenvalue weighted by Gasteiger charge is -2.04. The normalized spacial score (nSPS) is 10.5. The van der Waals surface area contributed by atoms with Crippen LogP contribution in [0.15, 0.2) is 53.9 Å². The lowest BCUT2D eigenvalue weighted by molar-refractivity contribution is 0.0954. The number of thiazole rings is 1. The molecule has 0 atom stereocenters. The molecule has 0 aliphatic carbocycles. The second-order valence-corrected chi connectivity index (χ2v) is 6.98. The highest BCUT2D eigenvalue weighted by molar-refractivity contribution is 7.09. The van der Waals surface area contributed by atoms with Crippen LogP contribution in [0.4, 0.5) is 0 Å². The van der Waals surface area contributed by atoms with Crippen molar-refractivity contribution < 1.29 is 9.53 Å². The third kappa shape index (κ3) is 4.84. The number of ether oxygens (including phenoxy) is 1. The van der Waals surface area contributed by atoms with Crippen LogP contribution >= 0.6 is 22.9 Å². The Labute approximate surface area is 161 Å². The van der Waals surface area contributed by atoms with Gasteiger partial charge >= 0.3 is 0 Å². The molecule has 6 heteroatoms. The molecule has 0 radical (unpaired) electrons. The highest BCUT2D eigenvalue weighted by atomic mass is 35.5. The lowest BCUT2D eigenvalue weighted by atomic mass is 10.2. The van der Waals surface area contributed by atoms with E-state index in [1.807, 2.05) is 36.6 Å². The van der Waals surface area contributed by atoms with Crippen LogP contribution in [0.2, 0.25) is 5.02 Å². The van der Waals surface area contributed by atoms with Gasteiger partial charge in [-0.3, -0.25) is 4.79 Å². The minimum absolute atomic E-state index is 0.107. The van der Waals surface area contributed by atoms with Crippen molar-refractivity contribution in [3.05, 3.63) is 69.5 Å². The van der Waals surface area contributed by atoms with Crippen molar-refractivity contribution in [3.8, 4) is 17.0 Å². The summed E-state index contributed by atoms with van der Waals surface area (Å²) in [5.74, 6) is 0.751.